The van der Waals surface area contributed by atoms with Gasteiger partial charge in [-0.2, -0.15) is 0 Å². The molecule has 4 rings (SSSR count). The van der Waals surface area contributed by atoms with E-state index in [4.69, 9.17) is 16.3 Å². The molecule has 1 heterocycles. The first kappa shape index (κ1) is 30.6. The van der Waals surface area contributed by atoms with Crippen molar-refractivity contribution in [3.05, 3.63) is 70.8 Å². The van der Waals surface area contributed by atoms with Crippen LogP contribution in [0.2, 0.25) is 5.02 Å². The fraction of sp³-hybridized carbons (Fsp3) is 0.469. The third-order valence-electron chi connectivity index (χ3n) is 7.59. The average molecular weight is 581 g/mol. The van der Waals surface area contributed by atoms with E-state index in [1.54, 1.807) is 12.1 Å². The summed E-state index contributed by atoms with van der Waals surface area (Å²) in [7, 11) is 0. The Kier molecular flexibility index (Phi) is 10.8. The van der Waals surface area contributed by atoms with Gasteiger partial charge in [0.1, 0.15) is 23.9 Å². The van der Waals surface area contributed by atoms with Crippen molar-refractivity contribution in [2.75, 3.05) is 19.7 Å². The summed E-state index contributed by atoms with van der Waals surface area (Å²) in [5, 5.41) is 12.9. The number of nitrogens with one attached hydrogen (secondary N) is 4. The smallest absolute Gasteiger partial charge is 0.246 e. The highest BCUT2D eigenvalue weighted by Crippen LogP contribution is 2.31. The average Bonchev–Trinajstić information content (AvgIpc) is 3.42. The minimum atomic E-state index is -1.07. The Bertz CT molecular complexity index is 1240. The Morgan fingerprint density at radius 1 is 1.00 bits per heavy atom. The first-order chi connectivity index (χ1) is 19.8. The molecule has 1 saturated carbocycles. The van der Waals surface area contributed by atoms with Crippen LogP contribution in [0.25, 0.3) is 6.08 Å². The summed E-state index contributed by atoms with van der Waals surface area (Å²) >= 11 is 6.21. The Labute approximate surface area is 247 Å². The summed E-state index contributed by atoms with van der Waals surface area (Å²) in [6, 6.07) is 13.6. The van der Waals surface area contributed by atoms with Gasteiger partial charge in [-0.05, 0) is 48.9 Å². The van der Waals surface area contributed by atoms with Crippen molar-refractivity contribution >= 4 is 35.4 Å². The van der Waals surface area contributed by atoms with Crippen molar-refractivity contribution in [3.63, 3.8) is 0 Å². The van der Waals surface area contributed by atoms with Gasteiger partial charge in [-0.3, -0.25) is 14.4 Å². The molecule has 0 bridgehead atoms. The molecule has 1 fully saturated rings. The number of carbonyl (C=O) groups is 3. The van der Waals surface area contributed by atoms with E-state index in [1.165, 1.54) is 0 Å². The third kappa shape index (κ3) is 8.57. The molecule has 2 aliphatic rings. The largest absolute Gasteiger partial charge is 0.492 e. The lowest BCUT2D eigenvalue weighted by Gasteiger charge is -2.33. The van der Waals surface area contributed by atoms with E-state index in [0.717, 1.165) is 29.7 Å². The summed E-state index contributed by atoms with van der Waals surface area (Å²) in [6.45, 7) is 5.25. The highest BCUT2D eigenvalue weighted by atomic mass is 35.5. The third-order valence-corrected chi connectivity index (χ3v) is 7.82. The lowest BCUT2D eigenvalue weighted by molar-refractivity contribution is -0.136. The Balaban J connectivity index is 1.63. The van der Waals surface area contributed by atoms with Crippen molar-refractivity contribution in [1.82, 2.24) is 21.3 Å². The van der Waals surface area contributed by atoms with Crippen molar-refractivity contribution in [1.29, 1.82) is 0 Å². The zero-order valence-electron chi connectivity index (χ0n) is 23.9. The molecule has 1 spiro atoms. The lowest BCUT2D eigenvalue weighted by atomic mass is 9.93. The van der Waals surface area contributed by atoms with Crippen LogP contribution in [0.1, 0.15) is 57.1 Å². The minimum absolute atomic E-state index is 0.212. The van der Waals surface area contributed by atoms with Gasteiger partial charge in [0.05, 0.1) is 6.04 Å². The maximum absolute atomic E-state index is 13.9. The Morgan fingerprint density at radius 3 is 2.54 bits per heavy atom. The van der Waals surface area contributed by atoms with Crippen LogP contribution in [0.5, 0.6) is 5.75 Å². The molecule has 2 aromatic carbocycles. The van der Waals surface area contributed by atoms with Crippen LogP contribution < -0.4 is 26.0 Å². The quantitative estimate of drug-likeness (QED) is 0.437. The summed E-state index contributed by atoms with van der Waals surface area (Å²) in [6.07, 6.45) is 7.32. The number of hydrogen-bond donors (Lipinski definition) is 4. The predicted molar refractivity (Wildman–Crippen MR) is 162 cm³/mol. The summed E-state index contributed by atoms with van der Waals surface area (Å²) in [5.41, 5.74) is 0.639. The number of rotatable bonds is 4. The highest BCUT2D eigenvalue weighted by Gasteiger charge is 2.44. The topological polar surface area (TPSA) is 109 Å². The molecule has 0 aromatic heterocycles. The number of carbonyl (C=O) groups excluding carboxylic acids is 3. The number of para-hydroxylation sites is 1. The van der Waals surface area contributed by atoms with Crippen molar-refractivity contribution in [2.45, 2.75) is 70.0 Å². The first-order valence-electron chi connectivity index (χ1n) is 14.5. The van der Waals surface area contributed by atoms with E-state index in [-0.39, 0.29) is 36.6 Å². The van der Waals surface area contributed by atoms with E-state index in [1.807, 2.05) is 48.6 Å². The van der Waals surface area contributed by atoms with Gasteiger partial charge >= 0.3 is 0 Å². The second-order valence-corrected chi connectivity index (χ2v) is 11.7. The standard InChI is InChI=1S/C32H41ClN4O4/c1-22(2)19-26-30(39)37-32(14-5-6-15-32)31(40)36-27(21-23-9-7-12-25(33)20-23)29(38)35-16-8-11-24-10-3-4-13-28(24)41-18-17-34-26/h3-4,7-13,20,22,26-27,34H,5-6,14-19,21H2,1-2H3,(H,35,38)(H,36,40)(H,37,39)/b11-8+/t26-,27+/m0/s1. The van der Waals surface area contributed by atoms with Gasteiger partial charge in [-0.15, -0.1) is 0 Å². The Hall–Kier alpha value is -3.36. The molecule has 1 aliphatic carbocycles. The van der Waals surface area contributed by atoms with E-state index in [2.05, 4.69) is 35.1 Å². The molecule has 0 unspecified atom stereocenters. The van der Waals surface area contributed by atoms with Gasteiger partial charge in [-0.25, -0.2) is 0 Å². The number of amides is 3. The second kappa shape index (κ2) is 14.5. The van der Waals surface area contributed by atoms with Crippen molar-refractivity contribution in [3.8, 4) is 5.75 Å². The molecular weight excluding hydrogens is 540 g/mol. The molecule has 8 nitrogen and oxygen atoms in total. The van der Waals surface area contributed by atoms with Gasteiger partial charge in [-0.1, -0.05) is 80.8 Å². The van der Waals surface area contributed by atoms with Gasteiger partial charge in [0.15, 0.2) is 0 Å². The zero-order valence-corrected chi connectivity index (χ0v) is 24.6. The molecule has 220 valence electrons. The number of hydrogen-bond acceptors (Lipinski definition) is 5. The SMILES string of the molecule is CC(C)C[C@@H]1NCCOc2ccccc2/C=C/CNC(=O)[C@@H](Cc2cccc(Cl)c2)NC(=O)C2(CCCC2)NC1=O. The Morgan fingerprint density at radius 2 is 1.78 bits per heavy atom. The van der Waals surface area contributed by atoms with Crippen molar-refractivity contribution < 1.29 is 19.1 Å². The lowest BCUT2D eigenvalue weighted by Crippen LogP contribution is -2.63. The van der Waals surface area contributed by atoms with Crippen LogP contribution in [0.4, 0.5) is 0 Å². The van der Waals surface area contributed by atoms with Gasteiger partial charge in [0.25, 0.3) is 0 Å². The monoisotopic (exact) mass is 580 g/mol. The fourth-order valence-electron chi connectivity index (χ4n) is 5.48. The molecule has 2 atom stereocenters. The number of fused-ring (bicyclic) bond motifs is 1. The van der Waals surface area contributed by atoms with Crippen LogP contribution in [0, 0.1) is 5.92 Å². The maximum Gasteiger partial charge on any atom is 0.246 e. The zero-order chi connectivity index (χ0) is 29.2. The molecule has 9 heteroatoms. The molecule has 3 amide bonds. The van der Waals surface area contributed by atoms with Gasteiger partial charge < -0.3 is 26.0 Å². The molecular formula is C32H41ClN4O4. The minimum Gasteiger partial charge on any atom is -0.492 e. The summed E-state index contributed by atoms with van der Waals surface area (Å²) in [4.78, 5) is 40.9. The molecule has 1 aliphatic heterocycles. The van der Waals surface area contributed by atoms with Crippen LogP contribution >= 0.6 is 11.6 Å². The maximum atomic E-state index is 13.9. The van der Waals surface area contributed by atoms with Crippen LogP contribution in [0.3, 0.4) is 0 Å². The molecule has 4 N–H and O–H groups in total. The summed E-state index contributed by atoms with van der Waals surface area (Å²) < 4.78 is 6.04. The van der Waals surface area contributed by atoms with Crippen LogP contribution in [-0.4, -0.2) is 55.0 Å². The van der Waals surface area contributed by atoms with E-state index in [0.29, 0.717) is 37.4 Å². The normalized spacial score (nSPS) is 23.0. The molecule has 2 aromatic rings. The van der Waals surface area contributed by atoms with Crippen molar-refractivity contribution in [2.24, 2.45) is 5.92 Å². The fourth-order valence-corrected chi connectivity index (χ4v) is 5.70. The van der Waals surface area contributed by atoms with Crippen LogP contribution in [0.15, 0.2) is 54.6 Å². The molecule has 41 heavy (non-hydrogen) atoms. The predicted octanol–water partition coefficient (Wildman–Crippen LogP) is 4.02. The first-order valence-corrected chi connectivity index (χ1v) is 14.9. The number of ether oxygens (including phenoxy) is 1. The molecule has 0 radical (unpaired) electrons. The van der Waals surface area contributed by atoms with E-state index < -0.39 is 17.6 Å². The highest BCUT2D eigenvalue weighted by molar-refractivity contribution is 6.30. The van der Waals surface area contributed by atoms with Crippen LogP contribution in [-0.2, 0) is 20.8 Å². The second-order valence-electron chi connectivity index (χ2n) is 11.3. The van der Waals surface area contributed by atoms with Gasteiger partial charge in [0, 0.05) is 30.1 Å². The van der Waals surface area contributed by atoms with Gasteiger partial charge in [0.2, 0.25) is 17.7 Å². The summed E-state index contributed by atoms with van der Waals surface area (Å²) in [5.74, 6) is 0.132. The van der Waals surface area contributed by atoms with E-state index in [9.17, 15) is 14.4 Å². The number of benzene rings is 2. The number of halogens is 1. The molecule has 0 saturated heterocycles. The van der Waals surface area contributed by atoms with E-state index >= 15 is 0 Å².